The standard InChI is InChI=1S/C7H6N8O/c8-6-10-3-15(13-6)4-1-5-11-12-7(16)14(5)2-9-4/h1-3H,(H2,8,13)(H,12,16). The molecule has 0 spiro atoms. The molecule has 3 aromatic heterocycles. The normalized spacial score (nSPS) is 11.0. The quantitative estimate of drug-likeness (QED) is 0.517. The fourth-order valence-electron chi connectivity index (χ4n) is 1.31. The van der Waals surface area contributed by atoms with Crippen molar-refractivity contribution in [2.24, 2.45) is 0 Å². The van der Waals surface area contributed by atoms with E-state index in [9.17, 15) is 4.79 Å². The summed E-state index contributed by atoms with van der Waals surface area (Å²) in [4.78, 5) is 19.0. The largest absolute Gasteiger partial charge is 0.366 e. The summed E-state index contributed by atoms with van der Waals surface area (Å²) in [5.41, 5.74) is 5.49. The Morgan fingerprint density at radius 2 is 2.19 bits per heavy atom. The smallest absolute Gasteiger partial charge is 0.348 e. The minimum Gasteiger partial charge on any atom is -0.366 e. The average Bonchev–Trinajstić information content (AvgIpc) is 2.86. The highest BCUT2D eigenvalue weighted by molar-refractivity contribution is 5.42. The van der Waals surface area contributed by atoms with Crippen LogP contribution in [0.1, 0.15) is 0 Å². The summed E-state index contributed by atoms with van der Waals surface area (Å²) in [6.45, 7) is 0. The molecule has 0 aromatic carbocycles. The molecule has 3 rings (SSSR count). The molecular weight excluding hydrogens is 212 g/mol. The number of fused-ring (bicyclic) bond motifs is 1. The first-order valence-electron chi connectivity index (χ1n) is 4.34. The number of hydrogen-bond donors (Lipinski definition) is 2. The van der Waals surface area contributed by atoms with E-state index >= 15 is 0 Å². The van der Waals surface area contributed by atoms with Crippen LogP contribution in [0, 0.1) is 0 Å². The lowest BCUT2D eigenvalue weighted by Crippen LogP contribution is -2.10. The maximum Gasteiger partial charge on any atom is 0.348 e. The van der Waals surface area contributed by atoms with Crippen LogP contribution in [0.15, 0.2) is 23.5 Å². The zero-order chi connectivity index (χ0) is 11.1. The lowest BCUT2D eigenvalue weighted by molar-refractivity contribution is 0.836. The Morgan fingerprint density at radius 1 is 1.31 bits per heavy atom. The number of nitrogens with two attached hydrogens (primary N) is 1. The number of aromatic amines is 1. The van der Waals surface area contributed by atoms with Crippen molar-refractivity contribution < 1.29 is 0 Å². The van der Waals surface area contributed by atoms with Crippen molar-refractivity contribution in [2.45, 2.75) is 0 Å². The van der Waals surface area contributed by atoms with Gasteiger partial charge in [-0.2, -0.15) is 5.10 Å². The van der Waals surface area contributed by atoms with Crippen molar-refractivity contribution in [3.05, 3.63) is 29.2 Å². The second-order valence-electron chi connectivity index (χ2n) is 3.05. The van der Waals surface area contributed by atoms with Crippen LogP contribution in [-0.4, -0.2) is 34.3 Å². The van der Waals surface area contributed by atoms with Crippen LogP contribution >= 0.6 is 0 Å². The lowest BCUT2D eigenvalue weighted by Gasteiger charge is -1.97. The van der Waals surface area contributed by atoms with Crippen LogP contribution in [0.5, 0.6) is 0 Å². The maximum absolute atomic E-state index is 11.2. The average molecular weight is 218 g/mol. The van der Waals surface area contributed by atoms with E-state index < -0.39 is 0 Å². The van der Waals surface area contributed by atoms with Crippen molar-refractivity contribution in [1.82, 2.24) is 34.3 Å². The Bertz CT molecular complexity index is 706. The second-order valence-corrected chi connectivity index (χ2v) is 3.05. The summed E-state index contributed by atoms with van der Waals surface area (Å²) >= 11 is 0. The van der Waals surface area contributed by atoms with E-state index in [2.05, 4.69) is 25.3 Å². The predicted octanol–water partition coefficient (Wildman–Crippen LogP) is -1.42. The molecule has 0 saturated heterocycles. The molecule has 0 fully saturated rings. The van der Waals surface area contributed by atoms with Gasteiger partial charge in [-0.25, -0.2) is 28.9 Å². The van der Waals surface area contributed by atoms with E-state index in [1.54, 1.807) is 6.07 Å². The van der Waals surface area contributed by atoms with E-state index in [1.165, 1.54) is 21.7 Å². The minimum absolute atomic E-state index is 0.154. The summed E-state index contributed by atoms with van der Waals surface area (Å²) < 4.78 is 2.68. The van der Waals surface area contributed by atoms with Gasteiger partial charge < -0.3 is 5.73 Å². The summed E-state index contributed by atoms with van der Waals surface area (Å²) in [6.07, 6.45) is 2.79. The molecule has 0 aliphatic rings. The Hall–Kier alpha value is -2.71. The molecule has 80 valence electrons. The molecule has 9 heteroatoms. The third-order valence-electron chi connectivity index (χ3n) is 2.04. The number of nitrogens with one attached hydrogen (secondary N) is 1. The van der Waals surface area contributed by atoms with E-state index in [4.69, 9.17) is 5.73 Å². The third kappa shape index (κ3) is 1.15. The van der Waals surface area contributed by atoms with Crippen molar-refractivity contribution in [1.29, 1.82) is 0 Å². The number of nitrogens with zero attached hydrogens (tertiary/aromatic N) is 6. The van der Waals surface area contributed by atoms with Gasteiger partial charge in [-0.15, -0.1) is 5.10 Å². The molecule has 0 bridgehead atoms. The Balaban J connectivity index is 2.22. The predicted molar refractivity (Wildman–Crippen MR) is 52.9 cm³/mol. The molecule has 3 aromatic rings. The molecule has 0 unspecified atom stereocenters. The summed E-state index contributed by atoms with van der Waals surface area (Å²) in [7, 11) is 0. The second kappa shape index (κ2) is 2.89. The highest BCUT2D eigenvalue weighted by atomic mass is 16.1. The number of rotatable bonds is 1. The monoisotopic (exact) mass is 218 g/mol. The molecule has 9 nitrogen and oxygen atoms in total. The van der Waals surface area contributed by atoms with Gasteiger partial charge >= 0.3 is 5.69 Å². The zero-order valence-electron chi connectivity index (χ0n) is 7.90. The molecule has 3 heterocycles. The summed E-state index contributed by atoms with van der Waals surface area (Å²) in [6, 6.07) is 1.59. The van der Waals surface area contributed by atoms with Gasteiger partial charge in [0, 0.05) is 6.07 Å². The number of anilines is 1. The van der Waals surface area contributed by atoms with Crippen LogP contribution in [0.4, 0.5) is 5.95 Å². The molecule has 0 saturated carbocycles. The van der Waals surface area contributed by atoms with E-state index in [1.807, 2.05) is 0 Å². The third-order valence-corrected chi connectivity index (χ3v) is 2.04. The molecular formula is C7H6N8O. The van der Waals surface area contributed by atoms with Crippen LogP contribution in [0.2, 0.25) is 0 Å². The van der Waals surface area contributed by atoms with Gasteiger partial charge in [0.25, 0.3) is 0 Å². The van der Waals surface area contributed by atoms with Crippen LogP contribution < -0.4 is 11.4 Å². The van der Waals surface area contributed by atoms with Gasteiger partial charge in [0.05, 0.1) is 0 Å². The number of aromatic nitrogens is 7. The van der Waals surface area contributed by atoms with Crippen LogP contribution in [0.25, 0.3) is 11.5 Å². The topological polar surface area (TPSA) is 120 Å². The molecule has 0 radical (unpaired) electrons. The van der Waals surface area contributed by atoms with Crippen LogP contribution in [-0.2, 0) is 0 Å². The van der Waals surface area contributed by atoms with Gasteiger partial charge in [0.1, 0.15) is 12.7 Å². The van der Waals surface area contributed by atoms with E-state index in [0.29, 0.717) is 11.5 Å². The molecule has 16 heavy (non-hydrogen) atoms. The number of hydrogen-bond acceptors (Lipinski definition) is 6. The lowest BCUT2D eigenvalue weighted by atomic mass is 10.5. The fourth-order valence-corrected chi connectivity index (χ4v) is 1.31. The van der Waals surface area contributed by atoms with Crippen LogP contribution in [0.3, 0.4) is 0 Å². The molecule has 0 aliphatic carbocycles. The van der Waals surface area contributed by atoms with Gasteiger partial charge in [-0.05, 0) is 0 Å². The van der Waals surface area contributed by atoms with Gasteiger partial charge in [-0.1, -0.05) is 0 Å². The first-order valence-corrected chi connectivity index (χ1v) is 4.34. The van der Waals surface area contributed by atoms with Gasteiger partial charge in [0.2, 0.25) is 5.95 Å². The van der Waals surface area contributed by atoms with Gasteiger partial charge in [-0.3, -0.25) is 0 Å². The van der Waals surface area contributed by atoms with Gasteiger partial charge in [0.15, 0.2) is 11.5 Å². The Morgan fingerprint density at radius 3 is 2.94 bits per heavy atom. The fraction of sp³-hybridized carbons (Fsp3) is 0. The summed E-state index contributed by atoms with van der Waals surface area (Å²) in [5.74, 6) is 0.636. The number of nitrogen functional groups attached to an aromatic ring is 1. The Kier molecular flexibility index (Phi) is 1.55. The molecule has 0 amide bonds. The van der Waals surface area contributed by atoms with E-state index in [0.717, 1.165) is 0 Å². The molecule has 0 atom stereocenters. The first-order chi connectivity index (χ1) is 7.74. The van der Waals surface area contributed by atoms with Crippen molar-refractivity contribution in [2.75, 3.05) is 5.73 Å². The first kappa shape index (κ1) is 8.59. The molecule has 3 N–H and O–H groups in total. The summed E-state index contributed by atoms with van der Waals surface area (Å²) in [5, 5.41) is 10.0. The zero-order valence-corrected chi connectivity index (χ0v) is 7.90. The number of H-pyrrole nitrogens is 1. The minimum atomic E-state index is -0.341. The SMILES string of the molecule is Nc1ncn(-c2cc3n[nH]c(=O)n3cn2)n1. The van der Waals surface area contributed by atoms with Crippen molar-refractivity contribution >= 4 is 11.6 Å². The van der Waals surface area contributed by atoms with Crippen molar-refractivity contribution in [3.8, 4) is 5.82 Å². The Labute approximate surface area is 87.6 Å². The highest BCUT2D eigenvalue weighted by Gasteiger charge is 2.05. The van der Waals surface area contributed by atoms with Crippen molar-refractivity contribution in [3.63, 3.8) is 0 Å². The maximum atomic E-state index is 11.2. The highest BCUT2D eigenvalue weighted by Crippen LogP contribution is 2.04. The molecule has 0 aliphatic heterocycles. The van der Waals surface area contributed by atoms with E-state index in [-0.39, 0.29) is 11.6 Å².